The van der Waals surface area contributed by atoms with Crippen molar-refractivity contribution in [3.63, 3.8) is 0 Å². The van der Waals surface area contributed by atoms with Gasteiger partial charge in [-0.15, -0.1) is 0 Å². The van der Waals surface area contributed by atoms with Gasteiger partial charge in [0.25, 0.3) is 0 Å². The molecule has 0 spiro atoms. The minimum absolute atomic E-state index is 0.0976. The zero-order valence-corrected chi connectivity index (χ0v) is 34.6. The van der Waals surface area contributed by atoms with Gasteiger partial charge in [0.05, 0.1) is 42.4 Å². The summed E-state index contributed by atoms with van der Waals surface area (Å²) in [5, 5.41) is 12.4. The molecule has 0 saturated carbocycles. The molecule has 0 bridgehead atoms. The third-order valence-electron chi connectivity index (χ3n) is 10.6. The van der Waals surface area contributed by atoms with Gasteiger partial charge in [-0.05, 0) is 36.2 Å². The summed E-state index contributed by atoms with van der Waals surface area (Å²) in [7, 11) is 1.84. The molecule has 0 radical (unpaired) electrons. The Labute approximate surface area is 321 Å². The number of nitrogens with one attached hydrogen (secondary N) is 2. The highest BCUT2D eigenvalue weighted by molar-refractivity contribution is 7.89. The standard InChI is InChI=1S/C38H63N5O10S/c1-12-25(6)33(41(8)37(47)31(23(2)3)39-36(46)32(24(4)5)42(9)38(48)49)29(52-10)21-30(44)43-20-16-19-28(43)34(53-11)26(7)35(45)40-54(50,51)22-27-17-14-13-15-18-27/h13-15,17-18,23-26,28-29,31-34H,12,16,19-22H2,1-11H3,(H,39,46)(H,40,45)(H,48,49)/t25-,26+,28-,29-,31-,32-,33-,34+/m0/s1. The molecule has 1 fully saturated rings. The topological polar surface area (TPSA) is 192 Å². The monoisotopic (exact) mass is 781 g/mol. The lowest BCUT2D eigenvalue weighted by Crippen LogP contribution is -2.60. The number of likely N-dealkylation sites (tertiary alicyclic amines) is 1. The Morgan fingerprint density at radius 3 is 2.04 bits per heavy atom. The molecule has 16 heteroatoms. The predicted octanol–water partition coefficient (Wildman–Crippen LogP) is 3.33. The molecular weight excluding hydrogens is 719 g/mol. The molecule has 0 aliphatic carbocycles. The highest BCUT2D eigenvalue weighted by atomic mass is 32.2. The van der Waals surface area contributed by atoms with Gasteiger partial charge in [0.2, 0.25) is 33.7 Å². The Hall–Kier alpha value is -3.76. The van der Waals surface area contributed by atoms with E-state index >= 15 is 0 Å². The van der Waals surface area contributed by atoms with E-state index in [4.69, 9.17) is 9.47 Å². The Bertz CT molecular complexity index is 1530. The average molecular weight is 782 g/mol. The minimum atomic E-state index is -4.00. The number of nitrogens with zero attached hydrogens (tertiary/aromatic N) is 3. The van der Waals surface area contributed by atoms with Crippen molar-refractivity contribution < 1.29 is 47.0 Å². The van der Waals surface area contributed by atoms with E-state index in [-0.39, 0.29) is 35.8 Å². The van der Waals surface area contributed by atoms with Crippen molar-refractivity contribution in [2.24, 2.45) is 23.7 Å². The molecule has 3 N–H and O–H groups in total. The van der Waals surface area contributed by atoms with Crippen LogP contribution in [-0.2, 0) is 44.4 Å². The lowest BCUT2D eigenvalue weighted by Gasteiger charge is -2.41. The molecular formula is C38H63N5O10S. The van der Waals surface area contributed by atoms with E-state index in [9.17, 15) is 37.5 Å². The van der Waals surface area contributed by atoms with Crippen molar-refractivity contribution in [2.45, 2.75) is 116 Å². The summed E-state index contributed by atoms with van der Waals surface area (Å²) in [6.45, 7) is 12.9. The number of carbonyl (C=O) groups is 5. The lowest BCUT2D eigenvalue weighted by atomic mass is 9.89. The Morgan fingerprint density at radius 1 is 0.926 bits per heavy atom. The summed E-state index contributed by atoms with van der Waals surface area (Å²) in [6.07, 6.45) is -1.09. The number of methoxy groups -OCH3 is 2. The predicted molar refractivity (Wildman–Crippen MR) is 205 cm³/mol. The normalized spacial score (nSPS) is 18.6. The first kappa shape index (κ1) is 46.4. The number of hydrogen-bond donors (Lipinski definition) is 3. The molecule has 0 unspecified atom stereocenters. The number of sulfonamides is 1. The Morgan fingerprint density at radius 2 is 1.54 bits per heavy atom. The van der Waals surface area contributed by atoms with Crippen LogP contribution in [-0.4, -0.2) is 129 Å². The molecule has 1 aliphatic rings. The molecule has 2 rings (SSSR count). The van der Waals surface area contributed by atoms with Crippen LogP contribution >= 0.6 is 0 Å². The first-order chi connectivity index (χ1) is 25.2. The second-order valence-corrected chi connectivity index (χ2v) is 16.8. The summed E-state index contributed by atoms with van der Waals surface area (Å²) in [4.78, 5) is 70.8. The zero-order valence-electron chi connectivity index (χ0n) is 33.8. The maximum Gasteiger partial charge on any atom is 0.407 e. The van der Waals surface area contributed by atoms with Crippen molar-refractivity contribution in [2.75, 3.05) is 34.9 Å². The maximum atomic E-state index is 14.2. The van der Waals surface area contributed by atoms with Gasteiger partial charge in [0, 0.05) is 34.9 Å². The minimum Gasteiger partial charge on any atom is -0.465 e. The number of benzene rings is 1. The fraction of sp³-hybridized carbons (Fsp3) is 0.711. The van der Waals surface area contributed by atoms with Crippen molar-refractivity contribution in [1.29, 1.82) is 0 Å². The first-order valence-electron chi connectivity index (χ1n) is 18.7. The fourth-order valence-corrected chi connectivity index (χ4v) is 8.59. The molecule has 306 valence electrons. The third kappa shape index (κ3) is 12.1. The van der Waals surface area contributed by atoms with Crippen LogP contribution in [0.3, 0.4) is 0 Å². The van der Waals surface area contributed by atoms with Gasteiger partial charge in [-0.3, -0.25) is 28.8 Å². The SMILES string of the molecule is CC[C@H](C)[C@@H]([C@H](CC(=O)N1CCC[C@H]1[C@H](OC)[C@@H](C)C(=O)NS(=O)(=O)Cc1ccccc1)OC)N(C)C(=O)[C@@H](NC(=O)[C@H](C(C)C)N(C)C(=O)O)C(C)C. The number of ether oxygens (including phenoxy) is 2. The van der Waals surface area contributed by atoms with E-state index < -0.39 is 76.1 Å². The van der Waals surface area contributed by atoms with Gasteiger partial charge in [0.15, 0.2) is 0 Å². The number of likely N-dealkylation sites (N-methyl/N-ethyl adjacent to an activating group) is 2. The van der Waals surface area contributed by atoms with Crippen LogP contribution in [0.25, 0.3) is 0 Å². The van der Waals surface area contributed by atoms with E-state index in [0.717, 1.165) is 4.90 Å². The molecule has 5 amide bonds. The van der Waals surface area contributed by atoms with Gasteiger partial charge in [-0.25, -0.2) is 13.2 Å². The van der Waals surface area contributed by atoms with E-state index in [0.29, 0.717) is 31.4 Å². The number of hydrogen-bond acceptors (Lipinski definition) is 9. The fourth-order valence-electron chi connectivity index (χ4n) is 7.40. The smallest absolute Gasteiger partial charge is 0.407 e. The number of amides is 5. The summed E-state index contributed by atoms with van der Waals surface area (Å²) in [6, 6.07) is 5.41. The van der Waals surface area contributed by atoms with Crippen molar-refractivity contribution in [3.8, 4) is 0 Å². The molecule has 1 saturated heterocycles. The maximum absolute atomic E-state index is 14.2. The highest BCUT2D eigenvalue weighted by Crippen LogP contribution is 2.30. The third-order valence-corrected chi connectivity index (χ3v) is 11.8. The van der Waals surface area contributed by atoms with Crippen LogP contribution < -0.4 is 10.0 Å². The van der Waals surface area contributed by atoms with Crippen molar-refractivity contribution in [3.05, 3.63) is 35.9 Å². The molecule has 0 aromatic heterocycles. The summed E-state index contributed by atoms with van der Waals surface area (Å²) in [5.74, 6) is -4.11. The van der Waals surface area contributed by atoms with Crippen LogP contribution in [0.2, 0.25) is 0 Å². The first-order valence-corrected chi connectivity index (χ1v) is 20.3. The average Bonchev–Trinajstić information content (AvgIpc) is 3.59. The molecule has 15 nitrogen and oxygen atoms in total. The van der Waals surface area contributed by atoms with Crippen molar-refractivity contribution >= 4 is 39.7 Å². The van der Waals surface area contributed by atoms with Gasteiger partial charge in [-0.2, -0.15) is 0 Å². The Balaban J connectivity index is 2.29. The van der Waals surface area contributed by atoms with Crippen LogP contribution in [0.4, 0.5) is 4.79 Å². The Kier molecular flexibility index (Phi) is 17.9. The summed E-state index contributed by atoms with van der Waals surface area (Å²) >= 11 is 0. The van der Waals surface area contributed by atoms with Gasteiger partial charge in [-0.1, -0.05) is 85.2 Å². The second kappa shape index (κ2) is 20.8. The molecule has 1 aromatic carbocycles. The van der Waals surface area contributed by atoms with Gasteiger partial charge < -0.3 is 29.7 Å². The molecule has 1 aliphatic heterocycles. The number of carbonyl (C=O) groups excluding carboxylic acids is 4. The van der Waals surface area contributed by atoms with Crippen LogP contribution in [0.1, 0.15) is 79.7 Å². The van der Waals surface area contributed by atoms with E-state index in [1.807, 2.05) is 13.8 Å². The van der Waals surface area contributed by atoms with E-state index in [2.05, 4.69) is 10.0 Å². The van der Waals surface area contributed by atoms with Crippen LogP contribution in [0.15, 0.2) is 30.3 Å². The lowest BCUT2D eigenvalue weighted by molar-refractivity contribution is -0.148. The molecule has 8 atom stereocenters. The number of rotatable bonds is 20. The summed E-state index contributed by atoms with van der Waals surface area (Å²) in [5.41, 5.74) is 0.532. The summed E-state index contributed by atoms with van der Waals surface area (Å²) < 4.78 is 39.6. The largest absolute Gasteiger partial charge is 0.465 e. The quantitative estimate of drug-likeness (QED) is 0.177. The van der Waals surface area contributed by atoms with Crippen molar-refractivity contribution in [1.82, 2.24) is 24.7 Å². The highest BCUT2D eigenvalue weighted by Gasteiger charge is 2.43. The molecule has 1 aromatic rings. The van der Waals surface area contributed by atoms with Gasteiger partial charge in [0.1, 0.15) is 12.1 Å². The van der Waals surface area contributed by atoms with Crippen LogP contribution in [0, 0.1) is 23.7 Å². The van der Waals surface area contributed by atoms with E-state index in [1.165, 1.54) is 26.2 Å². The second-order valence-electron chi connectivity index (χ2n) is 15.1. The van der Waals surface area contributed by atoms with E-state index in [1.54, 1.807) is 76.9 Å². The number of carboxylic acid groups (broad SMARTS) is 1. The zero-order chi connectivity index (χ0) is 41.1. The molecule has 1 heterocycles. The molecule has 54 heavy (non-hydrogen) atoms. The van der Waals surface area contributed by atoms with Crippen LogP contribution in [0.5, 0.6) is 0 Å². The van der Waals surface area contributed by atoms with Gasteiger partial charge >= 0.3 is 6.09 Å².